The fraction of sp³-hybridized carbons (Fsp3) is 0.487. The number of nitrogens with zero attached hydrogens (tertiary/aromatic N) is 3. The minimum atomic E-state index is -0.960. The quantitative estimate of drug-likeness (QED) is 0.162. The Morgan fingerprint density at radius 1 is 1.06 bits per heavy atom. The predicted molar refractivity (Wildman–Crippen MR) is 188 cm³/mol. The van der Waals surface area contributed by atoms with Crippen LogP contribution in [-0.2, 0) is 23.7 Å². The van der Waals surface area contributed by atoms with Crippen molar-refractivity contribution in [3.05, 3.63) is 71.2 Å². The summed E-state index contributed by atoms with van der Waals surface area (Å²) in [5.74, 6) is 0.607. The van der Waals surface area contributed by atoms with E-state index in [1.165, 1.54) is 19.2 Å². The number of aryl methyl sites for hydroxylation is 1. The number of fused-ring (bicyclic) bond motifs is 8. The SMILES string of the molecule is COC(=O)[C@@H](OC(C)(C)C)c1c(C)c(C)c2nc3cn2c1N1CCC(C)(CC1)OCCOC[C@H](C)Oc1ccc(F)cc1-c1cccc-3c1. The highest BCUT2D eigenvalue weighted by Gasteiger charge is 2.38. The van der Waals surface area contributed by atoms with Gasteiger partial charge in [0.15, 0.2) is 6.10 Å². The number of carbonyl (C=O) groups excluding carboxylic acids is 1. The topological polar surface area (TPSA) is 83.8 Å². The second-order valence-corrected chi connectivity index (χ2v) is 14.5. The van der Waals surface area contributed by atoms with Gasteiger partial charge in [0, 0.05) is 36.0 Å². The van der Waals surface area contributed by atoms with Gasteiger partial charge in [-0.05, 0) is 102 Å². The molecule has 3 aliphatic heterocycles. The number of ether oxygens (including phenoxy) is 5. The Kier molecular flexibility index (Phi) is 9.77. The van der Waals surface area contributed by atoms with Gasteiger partial charge < -0.3 is 28.6 Å². The van der Waals surface area contributed by atoms with Crippen molar-refractivity contribution >= 4 is 17.4 Å². The number of imidazole rings is 1. The van der Waals surface area contributed by atoms with E-state index in [0.717, 1.165) is 57.8 Å². The summed E-state index contributed by atoms with van der Waals surface area (Å²) < 4.78 is 47.2. The van der Waals surface area contributed by atoms with Crippen molar-refractivity contribution in [2.75, 3.05) is 44.9 Å². The van der Waals surface area contributed by atoms with Crippen molar-refractivity contribution in [2.45, 2.75) is 84.7 Å². The maximum absolute atomic E-state index is 14.7. The Morgan fingerprint density at radius 2 is 1.80 bits per heavy atom. The molecule has 0 spiro atoms. The number of carbonyl (C=O) groups is 1. The van der Waals surface area contributed by atoms with Crippen LogP contribution in [0.4, 0.5) is 10.2 Å². The third-order valence-electron chi connectivity index (χ3n) is 9.52. The number of benzene rings is 2. The van der Waals surface area contributed by atoms with Gasteiger partial charge in [-0.25, -0.2) is 14.2 Å². The Morgan fingerprint density at radius 3 is 2.51 bits per heavy atom. The van der Waals surface area contributed by atoms with Gasteiger partial charge in [-0.2, -0.15) is 0 Å². The van der Waals surface area contributed by atoms with Crippen LogP contribution in [0.1, 0.15) is 70.3 Å². The van der Waals surface area contributed by atoms with E-state index in [2.05, 4.69) is 16.2 Å². The van der Waals surface area contributed by atoms with E-state index in [4.69, 9.17) is 28.7 Å². The third kappa shape index (κ3) is 7.32. The van der Waals surface area contributed by atoms with Gasteiger partial charge in [-0.3, -0.25) is 4.40 Å². The Balaban J connectivity index is 1.57. The van der Waals surface area contributed by atoms with E-state index in [1.54, 1.807) is 6.07 Å². The Bertz CT molecular complexity index is 1840. The van der Waals surface area contributed by atoms with Crippen LogP contribution < -0.4 is 9.64 Å². The highest BCUT2D eigenvalue weighted by Crippen LogP contribution is 2.42. The van der Waals surface area contributed by atoms with Crippen molar-refractivity contribution in [1.29, 1.82) is 0 Å². The van der Waals surface area contributed by atoms with Gasteiger partial charge in [-0.1, -0.05) is 18.2 Å². The Hall–Kier alpha value is -3.99. The number of rotatable bonds is 3. The van der Waals surface area contributed by atoms with Gasteiger partial charge in [0.05, 0.1) is 43.8 Å². The second kappa shape index (κ2) is 13.7. The van der Waals surface area contributed by atoms with E-state index in [0.29, 0.717) is 44.2 Å². The summed E-state index contributed by atoms with van der Waals surface area (Å²) in [7, 11) is 1.40. The first-order valence-electron chi connectivity index (χ1n) is 17.1. The van der Waals surface area contributed by atoms with E-state index >= 15 is 0 Å². The van der Waals surface area contributed by atoms with Gasteiger partial charge >= 0.3 is 5.97 Å². The molecule has 1 fully saturated rings. The first-order chi connectivity index (χ1) is 23.3. The predicted octanol–water partition coefficient (Wildman–Crippen LogP) is 7.63. The molecule has 3 aliphatic rings. The zero-order valence-electron chi connectivity index (χ0n) is 29.9. The van der Waals surface area contributed by atoms with Crippen LogP contribution in [0.15, 0.2) is 48.7 Å². The van der Waals surface area contributed by atoms with Crippen molar-refractivity contribution < 1.29 is 32.9 Å². The Labute approximate surface area is 288 Å². The summed E-state index contributed by atoms with van der Waals surface area (Å²) in [6.45, 7) is 16.6. The summed E-state index contributed by atoms with van der Waals surface area (Å²) >= 11 is 0. The molecule has 9 nitrogen and oxygen atoms in total. The van der Waals surface area contributed by atoms with Crippen molar-refractivity contribution in [2.24, 2.45) is 0 Å². The van der Waals surface area contributed by atoms with Crippen LogP contribution in [0.2, 0.25) is 0 Å². The van der Waals surface area contributed by atoms with Crippen LogP contribution >= 0.6 is 0 Å². The number of anilines is 1. The molecule has 2 aromatic carbocycles. The molecule has 0 N–H and O–H groups in total. The molecular weight excluding hydrogens is 625 g/mol. The molecule has 6 bridgehead atoms. The van der Waals surface area contributed by atoms with Crippen LogP contribution in [-0.4, -0.2) is 72.7 Å². The van der Waals surface area contributed by atoms with E-state index < -0.39 is 17.7 Å². The lowest BCUT2D eigenvalue weighted by atomic mass is 9.92. The van der Waals surface area contributed by atoms with Crippen molar-refractivity contribution in [1.82, 2.24) is 9.38 Å². The molecule has 49 heavy (non-hydrogen) atoms. The summed E-state index contributed by atoms with van der Waals surface area (Å²) in [5.41, 5.74) is 5.49. The first kappa shape index (κ1) is 34.9. The number of piperidine rings is 1. The van der Waals surface area contributed by atoms with Gasteiger partial charge in [-0.15, -0.1) is 0 Å². The van der Waals surface area contributed by atoms with Gasteiger partial charge in [0.2, 0.25) is 0 Å². The minimum absolute atomic E-state index is 0.259. The molecule has 10 heteroatoms. The first-order valence-corrected chi connectivity index (χ1v) is 17.1. The third-order valence-corrected chi connectivity index (χ3v) is 9.52. The maximum Gasteiger partial charge on any atom is 0.339 e. The lowest BCUT2D eigenvalue weighted by Crippen LogP contribution is -2.46. The van der Waals surface area contributed by atoms with E-state index in [1.807, 2.05) is 72.0 Å². The van der Waals surface area contributed by atoms with Crippen LogP contribution in [0.5, 0.6) is 5.75 Å². The molecule has 1 saturated heterocycles. The number of esters is 1. The van der Waals surface area contributed by atoms with Gasteiger partial charge in [0.25, 0.3) is 0 Å². The van der Waals surface area contributed by atoms with E-state index in [-0.39, 0.29) is 17.5 Å². The summed E-state index contributed by atoms with van der Waals surface area (Å²) in [5, 5.41) is 0. The number of aromatic nitrogens is 2. The molecule has 262 valence electrons. The normalized spacial score (nSPS) is 20.9. The molecule has 5 heterocycles. The second-order valence-electron chi connectivity index (χ2n) is 14.5. The number of methoxy groups -OCH3 is 1. The van der Waals surface area contributed by atoms with Crippen molar-refractivity contribution in [3.8, 4) is 28.1 Å². The molecular formula is C39H48FN3O6. The highest BCUT2D eigenvalue weighted by atomic mass is 19.1. The molecule has 2 atom stereocenters. The number of hydrogen-bond donors (Lipinski definition) is 0. The van der Waals surface area contributed by atoms with Crippen molar-refractivity contribution in [3.63, 3.8) is 0 Å². The van der Waals surface area contributed by atoms with Crippen LogP contribution in [0, 0.1) is 19.7 Å². The van der Waals surface area contributed by atoms with E-state index in [9.17, 15) is 9.18 Å². The monoisotopic (exact) mass is 673 g/mol. The summed E-state index contributed by atoms with van der Waals surface area (Å²) in [6, 6.07) is 12.5. The lowest BCUT2D eigenvalue weighted by molar-refractivity contribution is -0.164. The standard InChI is InChI=1S/C39H48FN3O6/c1-24-23-46-18-19-47-39(7)14-16-42(17-15-39)36-33(34(37(44)45-8)49-38(4,5)6)25(2)26(3)35-41-31(22-43(35)36)28-11-9-10-27(20-28)30-21-29(40)12-13-32(30)48-24/h9-13,20-22,24,34H,14-19,23H2,1-8H3/t24-,34-/m0/s1. The number of pyridine rings is 1. The molecule has 0 unspecified atom stereocenters. The minimum Gasteiger partial charge on any atom is -0.488 e. The fourth-order valence-electron chi connectivity index (χ4n) is 6.79. The number of hydrogen-bond acceptors (Lipinski definition) is 8. The highest BCUT2D eigenvalue weighted by molar-refractivity contribution is 5.82. The average molecular weight is 674 g/mol. The molecule has 7 rings (SSSR count). The molecule has 0 amide bonds. The van der Waals surface area contributed by atoms with Gasteiger partial charge in [0.1, 0.15) is 29.1 Å². The lowest BCUT2D eigenvalue weighted by Gasteiger charge is -2.42. The summed E-state index contributed by atoms with van der Waals surface area (Å²) in [4.78, 5) is 21.0. The fourth-order valence-corrected chi connectivity index (χ4v) is 6.79. The zero-order chi connectivity index (χ0) is 35.1. The average Bonchev–Trinajstić information content (AvgIpc) is 3.51. The largest absolute Gasteiger partial charge is 0.488 e. The van der Waals surface area contributed by atoms with Crippen LogP contribution in [0.25, 0.3) is 28.0 Å². The zero-order valence-corrected chi connectivity index (χ0v) is 29.9. The summed E-state index contributed by atoms with van der Waals surface area (Å²) in [6.07, 6.45) is 2.36. The maximum atomic E-state index is 14.7. The molecule has 0 aliphatic carbocycles. The molecule has 4 aromatic rings. The smallest absolute Gasteiger partial charge is 0.339 e. The molecule has 0 radical (unpaired) electrons. The van der Waals surface area contributed by atoms with Crippen LogP contribution in [0.3, 0.4) is 0 Å². The number of halogens is 1. The molecule has 2 aromatic heterocycles. The molecule has 0 saturated carbocycles.